The van der Waals surface area contributed by atoms with Gasteiger partial charge in [-0.05, 0) is 92.4 Å². The third-order valence-corrected chi connectivity index (χ3v) is 8.50. The lowest BCUT2D eigenvalue weighted by Crippen LogP contribution is -2.41. The highest BCUT2D eigenvalue weighted by Gasteiger charge is 2.34. The fraction of sp³-hybridized carbons (Fsp3) is 0.609. The van der Waals surface area contributed by atoms with Crippen molar-refractivity contribution < 1.29 is 18.3 Å². The molecule has 0 bridgehead atoms. The lowest BCUT2D eigenvalue weighted by atomic mass is 9.99. The number of aromatic nitrogens is 2. The Balaban J connectivity index is 1.27. The molecule has 1 saturated carbocycles. The van der Waals surface area contributed by atoms with E-state index in [1.807, 2.05) is 0 Å². The number of sulfonamides is 1. The summed E-state index contributed by atoms with van der Waals surface area (Å²) in [7, 11) is -4.06. The lowest BCUT2D eigenvalue weighted by molar-refractivity contribution is 0.192. The van der Waals surface area contributed by atoms with E-state index in [2.05, 4.69) is 21.2 Å². The molecule has 1 aromatic carbocycles. The van der Waals surface area contributed by atoms with E-state index < -0.39 is 16.4 Å². The zero-order valence-corrected chi connectivity index (χ0v) is 19.0. The van der Waals surface area contributed by atoms with Crippen molar-refractivity contribution in [2.24, 2.45) is 5.92 Å². The van der Waals surface area contributed by atoms with Crippen LogP contribution in [0.2, 0.25) is 0 Å². The predicted molar refractivity (Wildman–Crippen MR) is 119 cm³/mol. The Morgan fingerprint density at radius 1 is 1.09 bits per heavy atom. The zero-order valence-electron chi connectivity index (χ0n) is 18.2. The second kappa shape index (κ2) is 7.74. The van der Waals surface area contributed by atoms with Gasteiger partial charge in [-0.15, -0.1) is 0 Å². The summed E-state index contributed by atoms with van der Waals surface area (Å²) in [6, 6.07) is 2.31. The van der Waals surface area contributed by atoms with Gasteiger partial charge in [0, 0.05) is 12.2 Å². The zero-order chi connectivity index (χ0) is 21.9. The van der Waals surface area contributed by atoms with Crippen molar-refractivity contribution in [2.75, 3.05) is 11.9 Å². The summed E-state index contributed by atoms with van der Waals surface area (Å²) in [6.45, 7) is 1.21. The fourth-order valence-corrected chi connectivity index (χ4v) is 6.58. The fourth-order valence-electron chi connectivity index (χ4n) is 5.49. The highest BCUT2D eigenvalue weighted by atomic mass is 32.2. The highest BCUT2D eigenvalue weighted by Crippen LogP contribution is 2.39. The summed E-state index contributed by atoms with van der Waals surface area (Å²) in [5, 5.41) is 18.1. The van der Waals surface area contributed by atoms with Crippen molar-refractivity contribution >= 4 is 15.7 Å². The molecule has 32 heavy (non-hydrogen) atoms. The predicted octanol–water partition coefficient (Wildman–Crippen LogP) is 2.26. The molecule has 0 radical (unpaired) electrons. The highest BCUT2D eigenvalue weighted by molar-refractivity contribution is 7.89. The van der Waals surface area contributed by atoms with Crippen LogP contribution in [0.5, 0.6) is 5.75 Å². The Labute approximate surface area is 188 Å². The van der Waals surface area contributed by atoms with Crippen molar-refractivity contribution in [3.63, 3.8) is 0 Å². The van der Waals surface area contributed by atoms with Gasteiger partial charge in [0.2, 0.25) is 5.03 Å². The minimum absolute atomic E-state index is 0.114. The maximum Gasteiger partial charge on any atom is 0.267 e. The maximum absolute atomic E-state index is 13.2. The van der Waals surface area contributed by atoms with Crippen LogP contribution in [0.3, 0.4) is 0 Å². The van der Waals surface area contributed by atoms with Crippen LogP contribution < -0.4 is 14.8 Å². The van der Waals surface area contributed by atoms with E-state index in [9.17, 15) is 13.5 Å². The number of anilines is 1. The molecule has 6 rings (SSSR count). The lowest BCUT2D eigenvalue weighted by Gasteiger charge is -2.21. The summed E-state index contributed by atoms with van der Waals surface area (Å²) < 4.78 is 36.4. The molecule has 2 aromatic rings. The number of hydrogen-bond donors (Lipinski definition) is 3. The number of nitrogens with one attached hydrogen (secondary N) is 2. The molecule has 3 aliphatic carbocycles. The third kappa shape index (κ3) is 3.60. The smallest absolute Gasteiger partial charge is 0.267 e. The first-order chi connectivity index (χ1) is 15.5. The van der Waals surface area contributed by atoms with Crippen LogP contribution in [-0.2, 0) is 48.7 Å². The van der Waals surface area contributed by atoms with Gasteiger partial charge < -0.3 is 15.2 Å². The number of fused-ring (bicyclic) bond motifs is 3. The first kappa shape index (κ1) is 20.5. The number of benzene rings is 1. The van der Waals surface area contributed by atoms with E-state index in [4.69, 9.17) is 4.74 Å². The molecule has 0 saturated heterocycles. The van der Waals surface area contributed by atoms with Gasteiger partial charge in [0.25, 0.3) is 10.0 Å². The van der Waals surface area contributed by atoms with E-state index in [1.165, 1.54) is 22.3 Å². The molecular weight excluding hydrogens is 428 g/mol. The molecule has 1 aliphatic heterocycles. The Kier molecular flexibility index (Phi) is 4.96. The van der Waals surface area contributed by atoms with Gasteiger partial charge in [-0.3, -0.25) is 4.68 Å². The minimum Gasteiger partial charge on any atom is -0.489 e. The maximum atomic E-state index is 13.2. The summed E-state index contributed by atoms with van der Waals surface area (Å²) in [4.78, 5) is 0. The van der Waals surface area contributed by atoms with Gasteiger partial charge in [-0.1, -0.05) is 6.07 Å². The van der Waals surface area contributed by atoms with Crippen LogP contribution >= 0.6 is 0 Å². The van der Waals surface area contributed by atoms with E-state index in [0.717, 1.165) is 82.1 Å². The van der Waals surface area contributed by atoms with Gasteiger partial charge in [0.05, 0.1) is 12.3 Å². The normalized spacial score (nSPS) is 20.4. The van der Waals surface area contributed by atoms with Crippen LogP contribution in [0, 0.1) is 5.92 Å². The van der Waals surface area contributed by atoms with Crippen LogP contribution in [-0.4, -0.2) is 36.3 Å². The molecule has 1 aromatic heterocycles. The number of aliphatic hydroxyl groups is 1. The molecule has 172 valence electrons. The van der Waals surface area contributed by atoms with Crippen LogP contribution in [0.15, 0.2) is 11.1 Å². The summed E-state index contributed by atoms with van der Waals surface area (Å²) in [5.74, 6) is 0.914. The second-order valence-electron chi connectivity index (χ2n) is 9.56. The van der Waals surface area contributed by atoms with E-state index in [1.54, 1.807) is 4.68 Å². The van der Waals surface area contributed by atoms with E-state index in [0.29, 0.717) is 18.3 Å². The van der Waals surface area contributed by atoms with Crippen molar-refractivity contribution in [3.05, 3.63) is 34.0 Å². The first-order valence-electron chi connectivity index (χ1n) is 11.9. The minimum atomic E-state index is -4.06. The van der Waals surface area contributed by atoms with Crippen LogP contribution in [0.1, 0.15) is 60.1 Å². The third-order valence-electron chi connectivity index (χ3n) is 7.19. The molecule has 4 aliphatic rings. The van der Waals surface area contributed by atoms with Crippen molar-refractivity contribution in [3.8, 4) is 5.75 Å². The number of ether oxygens (including phenoxy) is 1. The number of nitrogens with zero attached hydrogens (tertiary/aromatic N) is 2. The molecule has 1 fully saturated rings. The number of hydrogen-bond acceptors (Lipinski definition) is 6. The molecule has 2 heterocycles. The Hall–Kier alpha value is -2.10. The van der Waals surface area contributed by atoms with Gasteiger partial charge in [-0.25, -0.2) is 8.42 Å². The van der Waals surface area contributed by atoms with Gasteiger partial charge >= 0.3 is 0 Å². The molecule has 0 spiro atoms. The molecule has 0 amide bonds. The van der Waals surface area contributed by atoms with Gasteiger partial charge in [0.1, 0.15) is 0 Å². The Morgan fingerprint density at radius 2 is 1.81 bits per heavy atom. The second-order valence-corrected chi connectivity index (χ2v) is 11.2. The number of aliphatic hydroxyl groups excluding tert-OH is 1. The molecule has 1 unspecified atom stereocenters. The quantitative estimate of drug-likeness (QED) is 0.550. The van der Waals surface area contributed by atoms with Gasteiger partial charge in [0.15, 0.2) is 12.1 Å². The SMILES string of the molecule is O=S(=O)(NC(O)Nc1c2c(cc3c1CCC3)CCC2)c1nn(CC2CC2)c2c1OCCC2. The standard InChI is InChI=1S/C23H30N4O4S/c28-23(24-20-17-6-1-4-15(17)12-16-5-2-7-18(16)20)26-32(29,30)22-21-19(8-3-11-31-21)27(25-22)13-14-9-10-14/h12,14,23-24,26,28H,1-11,13H2. The first-order valence-corrected chi connectivity index (χ1v) is 13.3. The van der Waals surface area contributed by atoms with Crippen molar-refractivity contribution in [2.45, 2.75) is 82.1 Å². The van der Waals surface area contributed by atoms with Crippen molar-refractivity contribution in [1.29, 1.82) is 0 Å². The average Bonchev–Trinajstić information content (AvgIpc) is 3.15. The van der Waals surface area contributed by atoms with E-state index >= 15 is 0 Å². The summed E-state index contributed by atoms with van der Waals surface area (Å²) in [5.41, 5.74) is 6.86. The molecule has 1 atom stereocenters. The average molecular weight is 459 g/mol. The number of rotatable bonds is 7. The summed E-state index contributed by atoms with van der Waals surface area (Å²) >= 11 is 0. The molecule has 9 heteroatoms. The number of aryl methyl sites for hydroxylation is 2. The summed E-state index contributed by atoms with van der Waals surface area (Å²) in [6.07, 6.45) is 8.67. The topological polar surface area (TPSA) is 105 Å². The van der Waals surface area contributed by atoms with Crippen molar-refractivity contribution in [1.82, 2.24) is 14.5 Å². The molecular formula is C23H30N4O4S. The largest absolute Gasteiger partial charge is 0.489 e. The van der Waals surface area contributed by atoms with Gasteiger partial charge in [-0.2, -0.15) is 9.82 Å². The van der Waals surface area contributed by atoms with Crippen LogP contribution in [0.25, 0.3) is 0 Å². The Morgan fingerprint density at radius 3 is 2.50 bits per heavy atom. The Bertz CT molecular complexity index is 1140. The molecule has 3 N–H and O–H groups in total. The monoisotopic (exact) mass is 458 g/mol. The van der Waals surface area contributed by atoms with E-state index in [-0.39, 0.29) is 5.03 Å². The van der Waals surface area contributed by atoms with Crippen LogP contribution in [0.4, 0.5) is 5.69 Å². The molecule has 8 nitrogen and oxygen atoms in total.